The highest BCUT2D eigenvalue weighted by Gasteiger charge is 2.35. The summed E-state index contributed by atoms with van der Waals surface area (Å²) in [5.74, 6) is 0.406. The molecule has 2 N–H and O–H groups in total. The summed E-state index contributed by atoms with van der Waals surface area (Å²) in [6.07, 6.45) is 0. The van der Waals surface area contributed by atoms with E-state index >= 15 is 0 Å². The van der Waals surface area contributed by atoms with E-state index in [2.05, 4.69) is 11.2 Å². The fourth-order valence-corrected chi connectivity index (χ4v) is 3.35. The summed E-state index contributed by atoms with van der Waals surface area (Å²) in [5, 5.41) is 14.3. The quantitative estimate of drug-likeness (QED) is 0.770. The van der Waals surface area contributed by atoms with Crippen LogP contribution in [0.15, 0.2) is 66.1 Å². The van der Waals surface area contributed by atoms with E-state index in [1.54, 1.807) is 4.68 Å². The number of allylic oxidation sites excluding steroid dienone is 1. The third-order valence-corrected chi connectivity index (χ3v) is 4.64. The van der Waals surface area contributed by atoms with Crippen molar-refractivity contribution < 1.29 is 4.74 Å². The molecule has 1 atom stereocenters. The van der Waals surface area contributed by atoms with Gasteiger partial charge in [-0.1, -0.05) is 48.0 Å². The van der Waals surface area contributed by atoms with E-state index in [0.29, 0.717) is 11.5 Å². The van der Waals surface area contributed by atoms with Crippen LogP contribution in [0, 0.1) is 25.2 Å². The van der Waals surface area contributed by atoms with Crippen LogP contribution in [0.2, 0.25) is 0 Å². The lowest BCUT2D eigenvalue weighted by atomic mass is 9.84. The summed E-state index contributed by atoms with van der Waals surface area (Å²) in [5.41, 5.74) is 11.3. The predicted octanol–water partition coefficient (Wildman–Crippen LogP) is 3.71. The van der Waals surface area contributed by atoms with Gasteiger partial charge in [0.05, 0.1) is 22.9 Å². The minimum Gasteiger partial charge on any atom is -0.422 e. The van der Waals surface area contributed by atoms with Crippen molar-refractivity contribution in [1.82, 2.24) is 9.78 Å². The Labute approximate surface area is 151 Å². The van der Waals surface area contributed by atoms with E-state index in [0.717, 1.165) is 22.5 Å². The number of aromatic nitrogens is 2. The number of aryl methyl sites for hydroxylation is 2. The van der Waals surface area contributed by atoms with Crippen molar-refractivity contribution in [3.05, 3.63) is 88.4 Å². The van der Waals surface area contributed by atoms with Crippen LogP contribution in [0.5, 0.6) is 5.88 Å². The van der Waals surface area contributed by atoms with E-state index in [9.17, 15) is 5.26 Å². The van der Waals surface area contributed by atoms with Crippen molar-refractivity contribution in [2.75, 3.05) is 0 Å². The Hall–Kier alpha value is -3.52. The van der Waals surface area contributed by atoms with Gasteiger partial charge in [-0.3, -0.25) is 0 Å². The number of hydrogen-bond donors (Lipinski definition) is 1. The summed E-state index contributed by atoms with van der Waals surface area (Å²) in [6, 6.07) is 20.1. The summed E-state index contributed by atoms with van der Waals surface area (Å²) >= 11 is 0. The third kappa shape index (κ3) is 2.44. The molecule has 0 spiro atoms. The molecule has 0 bridgehead atoms. The summed E-state index contributed by atoms with van der Waals surface area (Å²) in [6.45, 7) is 3.97. The molecule has 1 aliphatic heterocycles. The first-order chi connectivity index (χ1) is 12.6. The smallest absolute Gasteiger partial charge is 0.229 e. The van der Waals surface area contributed by atoms with Crippen LogP contribution in [-0.4, -0.2) is 9.78 Å². The Morgan fingerprint density at radius 1 is 1.08 bits per heavy atom. The fourth-order valence-electron chi connectivity index (χ4n) is 3.35. The average molecular weight is 342 g/mol. The Bertz CT molecular complexity index is 1040. The van der Waals surface area contributed by atoms with Crippen molar-refractivity contribution in [1.29, 1.82) is 5.26 Å². The number of nitriles is 1. The normalized spacial score (nSPS) is 16.0. The molecule has 3 aromatic rings. The second-order valence-electron chi connectivity index (χ2n) is 6.39. The Morgan fingerprint density at radius 2 is 1.77 bits per heavy atom. The van der Waals surface area contributed by atoms with Gasteiger partial charge in [-0.15, -0.1) is 0 Å². The predicted molar refractivity (Wildman–Crippen MR) is 98.8 cm³/mol. The van der Waals surface area contributed by atoms with E-state index < -0.39 is 0 Å². The monoisotopic (exact) mass is 342 g/mol. The van der Waals surface area contributed by atoms with Crippen molar-refractivity contribution in [2.45, 2.75) is 19.8 Å². The van der Waals surface area contributed by atoms with E-state index in [4.69, 9.17) is 10.5 Å². The molecule has 5 heteroatoms. The lowest BCUT2D eigenvalue weighted by Crippen LogP contribution is -2.22. The number of fused-ring (bicyclic) bond motifs is 1. The maximum atomic E-state index is 9.67. The summed E-state index contributed by atoms with van der Waals surface area (Å²) in [7, 11) is 0. The van der Waals surface area contributed by atoms with Crippen molar-refractivity contribution in [3.63, 3.8) is 0 Å². The van der Waals surface area contributed by atoms with Crippen LogP contribution in [0.4, 0.5) is 0 Å². The topological polar surface area (TPSA) is 76.9 Å². The lowest BCUT2D eigenvalue weighted by molar-refractivity contribution is 0.367. The highest BCUT2D eigenvalue weighted by atomic mass is 16.5. The minimum absolute atomic E-state index is 0.127. The SMILES string of the molecule is Cc1ccc(-n2nc(C)c3c2OC(N)=C(C#N)[C@@H]3c2ccccc2)cc1. The van der Waals surface area contributed by atoms with E-state index in [1.165, 1.54) is 5.56 Å². The molecule has 4 rings (SSSR count). The van der Waals surface area contributed by atoms with Crippen LogP contribution in [0.3, 0.4) is 0 Å². The van der Waals surface area contributed by atoms with E-state index in [-0.39, 0.29) is 11.8 Å². The standard InChI is InChI=1S/C21H18N4O/c1-13-8-10-16(11-9-13)25-21-18(14(2)24-25)19(15-6-4-3-5-7-15)17(12-22)20(23)26-21/h3-11,19H,23H2,1-2H3/t19-/m0/s1. The lowest BCUT2D eigenvalue weighted by Gasteiger charge is -2.24. The third-order valence-electron chi connectivity index (χ3n) is 4.64. The number of nitrogens with zero attached hydrogens (tertiary/aromatic N) is 3. The fraction of sp³-hybridized carbons (Fsp3) is 0.143. The number of rotatable bonds is 2. The Kier molecular flexibility index (Phi) is 3.74. The highest BCUT2D eigenvalue weighted by molar-refractivity contribution is 5.57. The highest BCUT2D eigenvalue weighted by Crippen LogP contribution is 2.44. The van der Waals surface area contributed by atoms with Crippen LogP contribution in [0.1, 0.15) is 28.3 Å². The second-order valence-corrected chi connectivity index (χ2v) is 6.39. The molecule has 0 amide bonds. The van der Waals surface area contributed by atoms with Crippen LogP contribution >= 0.6 is 0 Å². The average Bonchev–Trinajstić information content (AvgIpc) is 2.98. The molecule has 0 saturated heterocycles. The zero-order valence-corrected chi connectivity index (χ0v) is 14.6. The number of hydrogen-bond acceptors (Lipinski definition) is 4. The van der Waals surface area contributed by atoms with Gasteiger partial charge in [-0.2, -0.15) is 10.4 Å². The zero-order chi connectivity index (χ0) is 18.3. The number of ether oxygens (including phenoxy) is 1. The molecule has 0 saturated carbocycles. The molecule has 2 heterocycles. The molecule has 0 radical (unpaired) electrons. The first kappa shape index (κ1) is 16.0. The van der Waals surface area contributed by atoms with Gasteiger partial charge in [0.25, 0.3) is 0 Å². The maximum absolute atomic E-state index is 9.67. The molecule has 0 fully saturated rings. The second kappa shape index (κ2) is 6.08. The largest absolute Gasteiger partial charge is 0.422 e. The molecule has 128 valence electrons. The molecule has 0 unspecified atom stereocenters. The molecule has 1 aliphatic rings. The Morgan fingerprint density at radius 3 is 2.42 bits per heavy atom. The van der Waals surface area contributed by atoms with Gasteiger partial charge in [0.1, 0.15) is 11.6 Å². The van der Waals surface area contributed by atoms with Gasteiger partial charge in [-0.05, 0) is 31.5 Å². The van der Waals surface area contributed by atoms with Gasteiger partial charge < -0.3 is 10.5 Å². The van der Waals surface area contributed by atoms with Crippen molar-refractivity contribution in [2.24, 2.45) is 5.73 Å². The molecule has 0 aliphatic carbocycles. The Balaban J connectivity index is 1.95. The van der Waals surface area contributed by atoms with Crippen LogP contribution in [0.25, 0.3) is 5.69 Å². The van der Waals surface area contributed by atoms with Gasteiger partial charge >= 0.3 is 0 Å². The summed E-state index contributed by atoms with van der Waals surface area (Å²) < 4.78 is 7.61. The number of benzene rings is 2. The van der Waals surface area contributed by atoms with Gasteiger partial charge in [0.2, 0.25) is 11.8 Å². The van der Waals surface area contributed by atoms with E-state index in [1.807, 2.05) is 68.4 Å². The first-order valence-electron chi connectivity index (χ1n) is 8.39. The zero-order valence-electron chi connectivity index (χ0n) is 14.6. The van der Waals surface area contributed by atoms with Crippen molar-refractivity contribution >= 4 is 0 Å². The van der Waals surface area contributed by atoms with Gasteiger partial charge in [0.15, 0.2) is 0 Å². The van der Waals surface area contributed by atoms with Gasteiger partial charge in [0, 0.05) is 0 Å². The summed E-state index contributed by atoms with van der Waals surface area (Å²) in [4.78, 5) is 0. The minimum atomic E-state index is -0.288. The first-order valence-corrected chi connectivity index (χ1v) is 8.39. The van der Waals surface area contributed by atoms with Crippen LogP contribution < -0.4 is 10.5 Å². The molecule has 2 aromatic carbocycles. The molecule has 26 heavy (non-hydrogen) atoms. The molecular weight excluding hydrogens is 324 g/mol. The van der Waals surface area contributed by atoms with Crippen LogP contribution in [-0.2, 0) is 0 Å². The molecule has 5 nitrogen and oxygen atoms in total. The number of nitrogens with two attached hydrogens (primary N) is 1. The molecule has 1 aromatic heterocycles. The van der Waals surface area contributed by atoms with Gasteiger partial charge in [-0.25, -0.2) is 4.68 Å². The molecular formula is C21H18N4O. The van der Waals surface area contributed by atoms with Crippen molar-refractivity contribution in [3.8, 4) is 17.6 Å². The maximum Gasteiger partial charge on any atom is 0.229 e.